The fourth-order valence-corrected chi connectivity index (χ4v) is 4.19. The van der Waals surface area contributed by atoms with E-state index in [9.17, 15) is 9.18 Å². The number of amides is 2. The van der Waals surface area contributed by atoms with Crippen LogP contribution in [0.4, 0.5) is 14.9 Å². The van der Waals surface area contributed by atoms with Gasteiger partial charge in [-0.2, -0.15) is 0 Å². The first-order valence-corrected chi connectivity index (χ1v) is 11.1. The van der Waals surface area contributed by atoms with Gasteiger partial charge in [-0.05, 0) is 36.2 Å². The number of hydrogen-bond acceptors (Lipinski definition) is 5. The maximum absolute atomic E-state index is 13.3. The maximum Gasteiger partial charge on any atom is 0.319 e. The zero-order chi connectivity index (χ0) is 22.2. The van der Waals surface area contributed by atoms with Crippen LogP contribution in [0.1, 0.15) is 12.0 Å². The van der Waals surface area contributed by atoms with E-state index in [1.165, 1.54) is 12.1 Å². The highest BCUT2D eigenvalue weighted by Crippen LogP contribution is 2.22. The SMILES string of the molecule is O=C(NC[C@@H]([C@H]1CCOC1)N1CCOCC1)Nc1cccc(COc2cccc(F)c2)c1. The number of hydrogen-bond donors (Lipinski definition) is 2. The first kappa shape index (κ1) is 22.5. The molecule has 2 aromatic carbocycles. The number of halogens is 1. The standard InChI is InChI=1S/C24H30FN3O4/c25-20-4-2-6-22(14-20)32-16-18-3-1-5-21(13-18)27-24(29)26-15-23(19-7-10-31-17-19)28-8-11-30-12-9-28/h1-6,13-14,19,23H,7-12,15-17H2,(H2,26,27,29)/t19-,23-/m0/s1. The molecule has 0 saturated carbocycles. The Labute approximate surface area is 187 Å². The second-order valence-corrected chi connectivity index (χ2v) is 8.12. The number of morpholine rings is 1. The predicted molar refractivity (Wildman–Crippen MR) is 119 cm³/mol. The Balaban J connectivity index is 1.29. The van der Waals surface area contributed by atoms with E-state index >= 15 is 0 Å². The van der Waals surface area contributed by atoms with Crippen molar-refractivity contribution in [2.45, 2.75) is 19.1 Å². The molecule has 0 radical (unpaired) electrons. The molecule has 2 aromatic rings. The van der Waals surface area contributed by atoms with Crippen molar-refractivity contribution < 1.29 is 23.4 Å². The monoisotopic (exact) mass is 443 g/mol. The fraction of sp³-hybridized carbons (Fsp3) is 0.458. The molecule has 2 aliphatic rings. The lowest BCUT2D eigenvalue weighted by atomic mass is 9.97. The fourth-order valence-electron chi connectivity index (χ4n) is 4.19. The van der Waals surface area contributed by atoms with Crippen LogP contribution in [0.5, 0.6) is 5.75 Å². The lowest BCUT2D eigenvalue weighted by Gasteiger charge is -2.37. The normalized spacial score (nSPS) is 20.0. The molecule has 2 amide bonds. The summed E-state index contributed by atoms with van der Waals surface area (Å²) in [6, 6.07) is 13.5. The van der Waals surface area contributed by atoms with E-state index in [0.717, 1.165) is 51.5 Å². The zero-order valence-electron chi connectivity index (χ0n) is 18.1. The predicted octanol–water partition coefficient (Wildman–Crippen LogP) is 3.26. The van der Waals surface area contributed by atoms with Gasteiger partial charge in [0.25, 0.3) is 0 Å². The molecule has 2 aliphatic heterocycles. The molecule has 172 valence electrons. The minimum Gasteiger partial charge on any atom is -0.489 e. The third-order valence-electron chi connectivity index (χ3n) is 5.88. The van der Waals surface area contributed by atoms with Gasteiger partial charge in [-0.25, -0.2) is 9.18 Å². The van der Waals surface area contributed by atoms with Crippen LogP contribution < -0.4 is 15.4 Å². The average Bonchev–Trinajstić information content (AvgIpc) is 3.34. The molecule has 0 unspecified atom stereocenters. The Hall–Kier alpha value is -2.68. The molecule has 2 N–H and O–H groups in total. The van der Waals surface area contributed by atoms with Crippen molar-refractivity contribution in [1.82, 2.24) is 10.2 Å². The minimum absolute atomic E-state index is 0.234. The molecule has 8 heteroatoms. The van der Waals surface area contributed by atoms with Gasteiger partial charge >= 0.3 is 6.03 Å². The molecule has 0 bridgehead atoms. The van der Waals surface area contributed by atoms with Crippen molar-refractivity contribution in [2.75, 3.05) is 51.4 Å². The smallest absolute Gasteiger partial charge is 0.319 e. The summed E-state index contributed by atoms with van der Waals surface area (Å²) in [6.45, 7) is 5.54. The van der Waals surface area contributed by atoms with Gasteiger partial charge in [0.15, 0.2) is 0 Å². The number of anilines is 1. The summed E-state index contributed by atoms with van der Waals surface area (Å²) in [4.78, 5) is 15.0. The Morgan fingerprint density at radius 2 is 1.97 bits per heavy atom. The third-order valence-corrected chi connectivity index (χ3v) is 5.88. The number of ether oxygens (including phenoxy) is 3. The van der Waals surface area contributed by atoms with Gasteiger partial charge in [-0.15, -0.1) is 0 Å². The molecule has 7 nitrogen and oxygen atoms in total. The topological polar surface area (TPSA) is 72.1 Å². The molecule has 0 aromatic heterocycles. The van der Waals surface area contributed by atoms with Crippen LogP contribution in [-0.4, -0.2) is 63.0 Å². The van der Waals surface area contributed by atoms with Gasteiger partial charge < -0.3 is 24.8 Å². The number of benzene rings is 2. The van der Waals surface area contributed by atoms with E-state index in [-0.39, 0.29) is 24.5 Å². The van der Waals surface area contributed by atoms with Crippen LogP contribution in [-0.2, 0) is 16.1 Å². The Morgan fingerprint density at radius 1 is 1.12 bits per heavy atom. The number of rotatable bonds is 8. The number of carbonyl (C=O) groups excluding carboxylic acids is 1. The Kier molecular flexibility index (Phi) is 7.92. The van der Waals surface area contributed by atoms with E-state index in [1.807, 2.05) is 24.3 Å². The lowest BCUT2D eigenvalue weighted by Crippen LogP contribution is -2.52. The summed E-state index contributed by atoms with van der Waals surface area (Å²) in [5.74, 6) is 0.539. The van der Waals surface area contributed by atoms with E-state index in [4.69, 9.17) is 14.2 Å². The molecule has 0 spiro atoms. The molecule has 2 fully saturated rings. The first-order chi connectivity index (χ1) is 15.7. The molecule has 0 aliphatic carbocycles. The van der Waals surface area contributed by atoms with Gasteiger partial charge in [0.05, 0.1) is 19.8 Å². The van der Waals surface area contributed by atoms with E-state index in [0.29, 0.717) is 23.9 Å². The summed E-state index contributed by atoms with van der Waals surface area (Å²) >= 11 is 0. The van der Waals surface area contributed by atoms with Gasteiger partial charge in [0.2, 0.25) is 0 Å². The second kappa shape index (κ2) is 11.3. The van der Waals surface area contributed by atoms with Crippen molar-refractivity contribution in [1.29, 1.82) is 0 Å². The Bertz CT molecular complexity index is 885. The second-order valence-electron chi connectivity index (χ2n) is 8.12. The van der Waals surface area contributed by atoms with Crippen LogP contribution >= 0.6 is 0 Å². The summed E-state index contributed by atoms with van der Waals surface area (Å²) in [5, 5.41) is 5.93. The number of nitrogens with zero attached hydrogens (tertiary/aromatic N) is 1. The first-order valence-electron chi connectivity index (χ1n) is 11.1. The third kappa shape index (κ3) is 6.41. The van der Waals surface area contributed by atoms with Crippen LogP contribution in [0.25, 0.3) is 0 Å². The van der Waals surface area contributed by atoms with Gasteiger partial charge in [-0.1, -0.05) is 18.2 Å². The quantitative estimate of drug-likeness (QED) is 0.655. The molecular weight excluding hydrogens is 413 g/mol. The number of carbonyl (C=O) groups is 1. The van der Waals surface area contributed by atoms with E-state index in [2.05, 4.69) is 15.5 Å². The summed E-state index contributed by atoms with van der Waals surface area (Å²) in [6.07, 6.45) is 1.01. The van der Waals surface area contributed by atoms with Crippen molar-refractivity contribution in [3.05, 3.63) is 59.9 Å². The van der Waals surface area contributed by atoms with Crippen LogP contribution in [0, 0.1) is 11.7 Å². The highest BCUT2D eigenvalue weighted by Gasteiger charge is 2.31. The maximum atomic E-state index is 13.3. The lowest BCUT2D eigenvalue weighted by molar-refractivity contribution is 0.00222. The molecule has 2 heterocycles. The summed E-state index contributed by atoms with van der Waals surface area (Å²) in [7, 11) is 0. The summed E-state index contributed by atoms with van der Waals surface area (Å²) < 4.78 is 30.0. The van der Waals surface area contributed by atoms with Crippen molar-refractivity contribution in [2.24, 2.45) is 5.92 Å². The minimum atomic E-state index is -0.339. The van der Waals surface area contributed by atoms with Crippen LogP contribution in [0.2, 0.25) is 0 Å². The summed E-state index contributed by atoms with van der Waals surface area (Å²) in [5.41, 5.74) is 1.55. The van der Waals surface area contributed by atoms with Crippen molar-refractivity contribution in [3.8, 4) is 5.75 Å². The average molecular weight is 444 g/mol. The largest absolute Gasteiger partial charge is 0.489 e. The highest BCUT2D eigenvalue weighted by atomic mass is 19.1. The number of urea groups is 1. The molecule has 4 rings (SSSR count). The van der Waals surface area contributed by atoms with Crippen LogP contribution in [0.3, 0.4) is 0 Å². The van der Waals surface area contributed by atoms with Crippen molar-refractivity contribution >= 4 is 11.7 Å². The molecule has 32 heavy (non-hydrogen) atoms. The molecule has 2 saturated heterocycles. The number of nitrogens with one attached hydrogen (secondary N) is 2. The van der Waals surface area contributed by atoms with Crippen LogP contribution in [0.15, 0.2) is 48.5 Å². The Morgan fingerprint density at radius 3 is 2.75 bits per heavy atom. The van der Waals surface area contributed by atoms with E-state index in [1.54, 1.807) is 12.1 Å². The van der Waals surface area contributed by atoms with E-state index < -0.39 is 0 Å². The van der Waals surface area contributed by atoms with Gasteiger partial charge in [0, 0.05) is 50.0 Å². The van der Waals surface area contributed by atoms with Gasteiger partial charge in [-0.3, -0.25) is 4.90 Å². The molecule has 2 atom stereocenters. The van der Waals surface area contributed by atoms with Gasteiger partial charge in [0.1, 0.15) is 18.2 Å². The highest BCUT2D eigenvalue weighted by molar-refractivity contribution is 5.89. The molecular formula is C24H30FN3O4. The van der Waals surface area contributed by atoms with Crippen molar-refractivity contribution in [3.63, 3.8) is 0 Å². The zero-order valence-corrected chi connectivity index (χ0v) is 18.1.